The van der Waals surface area contributed by atoms with Gasteiger partial charge in [-0.2, -0.15) is 0 Å². The Morgan fingerprint density at radius 3 is 2.47 bits per heavy atom. The number of nitrogens with one attached hydrogen (secondary N) is 1. The van der Waals surface area contributed by atoms with Crippen molar-refractivity contribution in [2.24, 2.45) is 0 Å². The van der Waals surface area contributed by atoms with Gasteiger partial charge >= 0.3 is 0 Å². The second-order valence-corrected chi connectivity index (χ2v) is 4.58. The van der Waals surface area contributed by atoms with Gasteiger partial charge in [0.25, 0.3) is 0 Å². The van der Waals surface area contributed by atoms with Crippen molar-refractivity contribution in [3.05, 3.63) is 29.3 Å². The van der Waals surface area contributed by atoms with Crippen LogP contribution < -0.4 is 10.1 Å². The standard InChI is InChI=1S/C15H25NO/c1-5-14(6-2)16-9-10-17-15-8-7-12(3)11-13(15)4/h7-8,11,14,16H,5-6,9-10H2,1-4H3. The third-order valence-corrected chi connectivity index (χ3v) is 3.11. The van der Waals surface area contributed by atoms with E-state index in [0.717, 1.165) is 18.9 Å². The van der Waals surface area contributed by atoms with Crippen LogP contribution in [0.5, 0.6) is 5.75 Å². The summed E-state index contributed by atoms with van der Waals surface area (Å²) in [5.74, 6) is 1.00. The Bertz CT molecular complexity index is 332. The third kappa shape index (κ3) is 4.78. The van der Waals surface area contributed by atoms with Gasteiger partial charge in [0.15, 0.2) is 0 Å². The van der Waals surface area contributed by atoms with E-state index in [-0.39, 0.29) is 0 Å². The van der Waals surface area contributed by atoms with Gasteiger partial charge in [0, 0.05) is 12.6 Å². The molecule has 0 unspecified atom stereocenters. The molecule has 0 radical (unpaired) electrons. The number of hydrogen-bond acceptors (Lipinski definition) is 2. The zero-order valence-corrected chi connectivity index (χ0v) is 11.5. The quantitative estimate of drug-likeness (QED) is 0.731. The Hall–Kier alpha value is -1.02. The fraction of sp³-hybridized carbons (Fsp3) is 0.600. The Labute approximate surface area is 105 Å². The second kappa shape index (κ2) is 7.33. The predicted octanol–water partition coefficient (Wildman–Crippen LogP) is 3.46. The van der Waals surface area contributed by atoms with Gasteiger partial charge in [0.05, 0.1) is 0 Å². The average molecular weight is 235 g/mol. The molecule has 0 saturated carbocycles. The molecule has 0 heterocycles. The molecule has 0 bridgehead atoms. The highest BCUT2D eigenvalue weighted by Gasteiger charge is 2.02. The Morgan fingerprint density at radius 1 is 1.18 bits per heavy atom. The summed E-state index contributed by atoms with van der Waals surface area (Å²) < 4.78 is 5.77. The van der Waals surface area contributed by atoms with Crippen molar-refractivity contribution in [1.82, 2.24) is 5.32 Å². The largest absolute Gasteiger partial charge is 0.492 e. The Kier molecular flexibility index (Phi) is 6.06. The molecule has 0 saturated heterocycles. The van der Waals surface area contributed by atoms with Crippen LogP contribution in [0.15, 0.2) is 18.2 Å². The molecule has 0 amide bonds. The average Bonchev–Trinajstić information content (AvgIpc) is 2.32. The summed E-state index contributed by atoms with van der Waals surface area (Å²) in [4.78, 5) is 0. The van der Waals surface area contributed by atoms with Crippen LogP contribution in [0, 0.1) is 13.8 Å². The smallest absolute Gasteiger partial charge is 0.122 e. The minimum atomic E-state index is 0.623. The van der Waals surface area contributed by atoms with E-state index in [1.165, 1.54) is 24.0 Å². The van der Waals surface area contributed by atoms with Gasteiger partial charge in [-0.1, -0.05) is 31.5 Å². The number of rotatable bonds is 7. The molecule has 0 aromatic heterocycles. The lowest BCUT2D eigenvalue weighted by molar-refractivity contribution is 0.300. The molecule has 1 N–H and O–H groups in total. The highest BCUT2D eigenvalue weighted by molar-refractivity contribution is 5.35. The van der Waals surface area contributed by atoms with Crippen LogP contribution in [0.2, 0.25) is 0 Å². The fourth-order valence-electron chi connectivity index (χ4n) is 1.96. The van der Waals surface area contributed by atoms with Crippen LogP contribution in [0.25, 0.3) is 0 Å². The van der Waals surface area contributed by atoms with Crippen LogP contribution in [-0.2, 0) is 0 Å². The molecule has 17 heavy (non-hydrogen) atoms. The molecular weight excluding hydrogens is 210 g/mol. The molecule has 96 valence electrons. The first-order chi connectivity index (χ1) is 8.17. The molecule has 2 heteroatoms. The van der Waals surface area contributed by atoms with Crippen LogP contribution in [0.4, 0.5) is 0 Å². The Balaban J connectivity index is 2.31. The zero-order chi connectivity index (χ0) is 12.7. The molecule has 0 spiro atoms. The highest BCUT2D eigenvalue weighted by Crippen LogP contribution is 2.18. The summed E-state index contributed by atoms with van der Waals surface area (Å²) in [6, 6.07) is 6.93. The van der Waals surface area contributed by atoms with Crippen molar-refractivity contribution in [2.45, 2.75) is 46.6 Å². The molecule has 0 aliphatic carbocycles. The van der Waals surface area contributed by atoms with Gasteiger partial charge in [0.1, 0.15) is 12.4 Å². The van der Waals surface area contributed by atoms with E-state index < -0.39 is 0 Å². The summed E-state index contributed by atoms with van der Waals surface area (Å²) in [6.45, 7) is 10.3. The van der Waals surface area contributed by atoms with E-state index >= 15 is 0 Å². The molecule has 0 aliphatic rings. The summed E-state index contributed by atoms with van der Waals surface area (Å²) in [5, 5.41) is 3.50. The van der Waals surface area contributed by atoms with E-state index in [1.807, 2.05) is 0 Å². The molecule has 1 aromatic carbocycles. The van der Waals surface area contributed by atoms with Crippen molar-refractivity contribution in [2.75, 3.05) is 13.2 Å². The number of ether oxygens (including phenoxy) is 1. The third-order valence-electron chi connectivity index (χ3n) is 3.11. The normalized spacial score (nSPS) is 10.9. The maximum Gasteiger partial charge on any atom is 0.122 e. The second-order valence-electron chi connectivity index (χ2n) is 4.58. The summed E-state index contributed by atoms with van der Waals surface area (Å²) in [7, 11) is 0. The van der Waals surface area contributed by atoms with Gasteiger partial charge in [-0.15, -0.1) is 0 Å². The minimum Gasteiger partial charge on any atom is -0.492 e. The minimum absolute atomic E-state index is 0.623. The zero-order valence-electron chi connectivity index (χ0n) is 11.5. The Morgan fingerprint density at radius 2 is 1.88 bits per heavy atom. The molecule has 2 nitrogen and oxygen atoms in total. The monoisotopic (exact) mass is 235 g/mol. The van der Waals surface area contributed by atoms with Crippen molar-refractivity contribution in [3.8, 4) is 5.75 Å². The summed E-state index contributed by atoms with van der Waals surface area (Å²) >= 11 is 0. The van der Waals surface area contributed by atoms with Crippen molar-refractivity contribution in [3.63, 3.8) is 0 Å². The van der Waals surface area contributed by atoms with E-state index in [2.05, 4.69) is 51.2 Å². The van der Waals surface area contributed by atoms with Gasteiger partial charge in [-0.3, -0.25) is 0 Å². The molecule has 0 atom stereocenters. The molecule has 1 aromatic rings. The first-order valence-electron chi connectivity index (χ1n) is 6.60. The lowest BCUT2D eigenvalue weighted by atomic mass is 10.1. The first kappa shape index (κ1) is 14.0. The van der Waals surface area contributed by atoms with Crippen LogP contribution in [0.3, 0.4) is 0 Å². The molecule has 0 aliphatic heterocycles. The van der Waals surface area contributed by atoms with E-state index in [1.54, 1.807) is 0 Å². The topological polar surface area (TPSA) is 21.3 Å². The summed E-state index contributed by atoms with van der Waals surface area (Å²) in [6.07, 6.45) is 2.36. The molecule has 1 rings (SSSR count). The van der Waals surface area contributed by atoms with E-state index in [9.17, 15) is 0 Å². The van der Waals surface area contributed by atoms with Crippen LogP contribution in [-0.4, -0.2) is 19.2 Å². The van der Waals surface area contributed by atoms with E-state index in [0.29, 0.717) is 6.04 Å². The fourth-order valence-corrected chi connectivity index (χ4v) is 1.96. The summed E-state index contributed by atoms with van der Waals surface area (Å²) in [5.41, 5.74) is 2.50. The van der Waals surface area contributed by atoms with Gasteiger partial charge < -0.3 is 10.1 Å². The van der Waals surface area contributed by atoms with E-state index in [4.69, 9.17) is 4.74 Å². The van der Waals surface area contributed by atoms with Crippen LogP contribution >= 0.6 is 0 Å². The molecule has 0 fully saturated rings. The van der Waals surface area contributed by atoms with Crippen molar-refractivity contribution in [1.29, 1.82) is 0 Å². The number of benzene rings is 1. The lowest BCUT2D eigenvalue weighted by Crippen LogP contribution is -2.31. The van der Waals surface area contributed by atoms with Gasteiger partial charge in [-0.25, -0.2) is 0 Å². The molecular formula is C15H25NO. The van der Waals surface area contributed by atoms with Crippen molar-refractivity contribution >= 4 is 0 Å². The number of aryl methyl sites for hydroxylation is 2. The van der Waals surface area contributed by atoms with Gasteiger partial charge in [-0.05, 0) is 38.3 Å². The lowest BCUT2D eigenvalue weighted by Gasteiger charge is -2.15. The first-order valence-corrected chi connectivity index (χ1v) is 6.60. The number of hydrogen-bond donors (Lipinski definition) is 1. The predicted molar refractivity (Wildman–Crippen MR) is 73.8 cm³/mol. The maximum atomic E-state index is 5.77. The SMILES string of the molecule is CCC(CC)NCCOc1ccc(C)cc1C. The maximum absolute atomic E-state index is 5.77. The highest BCUT2D eigenvalue weighted by atomic mass is 16.5. The van der Waals surface area contributed by atoms with Crippen LogP contribution in [0.1, 0.15) is 37.8 Å². The van der Waals surface area contributed by atoms with Crippen molar-refractivity contribution < 1.29 is 4.74 Å². The van der Waals surface area contributed by atoms with Gasteiger partial charge in [0.2, 0.25) is 0 Å².